The highest BCUT2D eigenvalue weighted by atomic mass is 32.2. The summed E-state index contributed by atoms with van der Waals surface area (Å²) in [5.41, 5.74) is 1.41. The number of halogens is 1. The minimum atomic E-state index is -0.456. The fraction of sp³-hybridized carbons (Fsp3) is 0.176. The Labute approximate surface area is 136 Å². The van der Waals surface area contributed by atoms with Gasteiger partial charge in [-0.15, -0.1) is 11.8 Å². The van der Waals surface area contributed by atoms with E-state index in [1.165, 1.54) is 28.8 Å². The van der Waals surface area contributed by atoms with Gasteiger partial charge in [0.2, 0.25) is 0 Å². The van der Waals surface area contributed by atoms with Gasteiger partial charge < -0.3 is 0 Å². The summed E-state index contributed by atoms with van der Waals surface area (Å²) in [5, 5.41) is -0.259. The second-order valence-corrected chi connectivity index (χ2v) is 6.57. The third-order valence-electron chi connectivity index (χ3n) is 4.09. The van der Waals surface area contributed by atoms with Crippen molar-refractivity contribution in [3.05, 3.63) is 66.0 Å². The molecule has 4 nitrogen and oxygen atoms in total. The SMILES string of the molecule is O=C1[C@@H]2CS[C@@H](c3ccc(F)cc3)N2C(=O)N1c1ccccc1. The Morgan fingerprint density at radius 3 is 2.39 bits per heavy atom. The van der Waals surface area contributed by atoms with E-state index in [0.717, 1.165) is 5.56 Å². The minimum Gasteiger partial charge on any atom is -0.295 e. The number of carbonyl (C=O) groups excluding carboxylic acids is 2. The number of imide groups is 1. The van der Waals surface area contributed by atoms with Crippen LogP contribution in [-0.4, -0.2) is 28.6 Å². The highest BCUT2D eigenvalue weighted by molar-refractivity contribution is 7.99. The molecule has 3 amide bonds. The summed E-state index contributed by atoms with van der Waals surface area (Å²) >= 11 is 1.53. The lowest BCUT2D eigenvalue weighted by Crippen LogP contribution is -2.33. The number of thioether (sulfide) groups is 1. The molecule has 23 heavy (non-hydrogen) atoms. The van der Waals surface area contributed by atoms with Gasteiger partial charge in [-0.1, -0.05) is 30.3 Å². The van der Waals surface area contributed by atoms with Crippen LogP contribution in [0, 0.1) is 5.82 Å². The van der Waals surface area contributed by atoms with Gasteiger partial charge in [-0.3, -0.25) is 9.69 Å². The fourth-order valence-electron chi connectivity index (χ4n) is 2.99. The van der Waals surface area contributed by atoms with Crippen molar-refractivity contribution in [1.82, 2.24) is 4.90 Å². The predicted molar refractivity (Wildman–Crippen MR) is 86.6 cm³/mol. The molecule has 2 aromatic rings. The Morgan fingerprint density at radius 2 is 1.70 bits per heavy atom. The fourth-order valence-corrected chi connectivity index (χ4v) is 4.40. The van der Waals surface area contributed by atoms with Crippen molar-refractivity contribution in [2.75, 3.05) is 10.7 Å². The number of nitrogens with zero attached hydrogens (tertiary/aromatic N) is 2. The van der Waals surface area contributed by atoms with Crippen molar-refractivity contribution >= 4 is 29.4 Å². The average Bonchev–Trinajstić information content (AvgIpc) is 3.10. The van der Waals surface area contributed by atoms with E-state index in [1.807, 2.05) is 6.07 Å². The molecule has 0 bridgehead atoms. The molecule has 4 rings (SSSR count). The maximum atomic E-state index is 13.1. The summed E-state index contributed by atoms with van der Waals surface area (Å²) in [6, 6.07) is 14.2. The van der Waals surface area contributed by atoms with Crippen molar-refractivity contribution in [3.63, 3.8) is 0 Å². The molecular weight excluding hydrogens is 315 g/mol. The first-order valence-electron chi connectivity index (χ1n) is 7.25. The lowest BCUT2D eigenvalue weighted by molar-refractivity contribution is -0.119. The zero-order valence-corrected chi connectivity index (χ0v) is 12.9. The van der Waals surface area contributed by atoms with E-state index in [-0.39, 0.29) is 23.1 Å². The highest BCUT2D eigenvalue weighted by Gasteiger charge is 2.53. The van der Waals surface area contributed by atoms with Gasteiger partial charge in [0.25, 0.3) is 5.91 Å². The van der Waals surface area contributed by atoms with Crippen LogP contribution in [-0.2, 0) is 4.79 Å². The molecule has 2 atom stereocenters. The number of benzene rings is 2. The first kappa shape index (κ1) is 14.3. The standard InChI is InChI=1S/C17H13FN2O2S/c18-12-8-6-11(7-9-12)16-20-14(10-23-16)15(21)19(17(20)22)13-4-2-1-3-5-13/h1-9,14,16H,10H2/t14-,16-/m0/s1. The molecule has 0 aromatic heterocycles. The molecule has 2 aliphatic rings. The summed E-state index contributed by atoms with van der Waals surface area (Å²) in [6.07, 6.45) is 0. The van der Waals surface area contributed by atoms with E-state index in [9.17, 15) is 14.0 Å². The van der Waals surface area contributed by atoms with Crippen LogP contribution >= 0.6 is 11.8 Å². The van der Waals surface area contributed by atoms with Crippen LogP contribution in [0.15, 0.2) is 54.6 Å². The molecule has 2 saturated heterocycles. The number of para-hydroxylation sites is 1. The second-order valence-electron chi connectivity index (χ2n) is 5.45. The van der Waals surface area contributed by atoms with Gasteiger partial charge in [0.05, 0.1) is 5.69 Å². The number of anilines is 1. The van der Waals surface area contributed by atoms with Crippen molar-refractivity contribution in [2.45, 2.75) is 11.4 Å². The van der Waals surface area contributed by atoms with E-state index in [2.05, 4.69) is 0 Å². The molecule has 2 fully saturated rings. The van der Waals surface area contributed by atoms with Gasteiger partial charge in [-0.25, -0.2) is 14.1 Å². The van der Waals surface area contributed by atoms with Crippen molar-refractivity contribution < 1.29 is 14.0 Å². The normalized spacial score (nSPS) is 23.5. The Kier molecular flexibility index (Phi) is 3.34. The zero-order chi connectivity index (χ0) is 16.0. The van der Waals surface area contributed by atoms with Gasteiger partial charge in [-0.05, 0) is 29.8 Å². The number of rotatable bonds is 2. The van der Waals surface area contributed by atoms with Crippen LogP contribution in [0.25, 0.3) is 0 Å². The Balaban J connectivity index is 1.68. The molecule has 6 heteroatoms. The van der Waals surface area contributed by atoms with E-state index < -0.39 is 6.04 Å². The first-order valence-corrected chi connectivity index (χ1v) is 8.30. The number of carbonyl (C=O) groups is 2. The largest absolute Gasteiger partial charge is 0.333 e. The maximum Gasteiger partial charge on any atom is 0.333 e. The number of hydrogen-bond donors (Lipinski definition) is 0. The van der Waals surface area contributed by atoms with Gasteiger partial charge in [0.15, 0.2) is 0 Å². The average molecular weight is 328 g/mol. The number of amides is 3. The molecule has 116 valence electrons. The first-order chi connectivity index (χ1) is 11.2. The zero-order valence-electron chi connectivity index (χ0n) is 12.1. The molecule has 2 heterocycles. The Hall–Kier alpha value is -2.34. The maximum absolute atomic E-state index is 13.1. The lowest BCUT2D eigenvalue weighted by Gasteiger charge is -2.23. The van der Waals surface area contributed by atoms with E-state index in [4.69, 9.17) is 0 Å². The van der Waals surface area contributed by atoms with E-state index in [0.29, 0.717) is 11.4 Å². The van der Waals surface area contributed by atoms with Gasteiger partial charge in [-0.2, -0.15) is 0 Å². The van der Waals surface area contributed by atoms with E-state index >= 15 is 0 Å². The van der Waals surface area contributed by atoms with Gasteiger partial charge in [0, 0.05) is 5.75 Å². The third-order valence-corrected chi connectivity index (χ3v) is 5.41. The van der Waals surface area contributed by atoms with Crippen LogP contribution in [0.5, 0.6) is 0 Å². The molecule has 0 saturated carbocycles. The summed E-state index contributed by atoms with van der Waals surface area (Å²) in [5.74, 6) is 0.0389. The second kappa shape index (κ2) is 5.38. The minimum absolute atomic E-state index is 0.196. The molecule has 2 aromatic carbocycles. The van der Waals surface area contributed by atoms with Gasteiger partial charge in [0.1, 0.15) is 17.2 Å². The molecule has 0 radical (unpaired) electrons. The molecular formula is C17H13FN2O2S. The predicted octanol–water partition coefficient (Wildman–Crippen LogP) is 3.41. The van der Waals surface area contributed by atoms with Gasteiger partial charge >= 0.3 is 6.03 Å². The monoisotopic (exact) mass is 328 g/mol. The smallest absolute Gasteiger partial charge is 0.295 e. The van der Waals surface area contributed by atoms with E-state index in [1.54, 1.807) is 41.3 Å². The number of hydrogen-bond acceptors (Lipinski definition) is 3. The molecule has 0 aliphatic carbocycles. The summed E-state index contributed by atoms with van der Waals surface area (Å²) < 4.78 is 13.1. The summed E-state index contributed by atoms with van der Waals surface area (Å²) in [6.45, 7) is 0. The highest BCUT2D eigenvalue weighted by Crippen LogP contribution is 2.45. The molecule has 2 aliphatic heterocycles. The third kappa shape index (κ3) is 2.21. The molecule has 0 N–H and O–H groups in total. The van der Waals surface area contributed by atoms with Crippen molar-refractivity contribution in [2.24, 2.45) is 0 Å². The number of fused-ring (bicyclic) bond motifs is 1. The quantitative estimate of drug-likeness (QED) is 0.793. The molecule has 0 spiro atoms. The lowest BCUT2D eigenvalue weighted by atomic mass is 10.2. The molecule has 0 unspecified atom stereocenters. The van der Waals surface area contributed by atoms with Crippen molar-refractivity contribution in [3.8, 4) is 0 Å². The Morgan fingerprint density at radius 1 is 1.00 bits per heavy atom. The topological polar surface area (TPSA) is 40.6 Å². The van der Waals surface area contributed by atoms with Crippen LogP contribution < -0.4 is 4.90 Å². The number of urea groups is 1. The van der Waals surface area contributed by atoms with Crippen LogP contribution in [0.4, 0.5) is 14.9 Å². The van der Waals surface area contributed by atoms with Crippen LogP contribution in [0.3, 0.4) is 0 Å². The van der Waals surface area contributed by atoms with Crippen LogP contribution in [0.2, 0.25) is 0 Å². The van der Waals surface area contributed by atoms with Crippen LogP contribution in [0.1, 0.15) is 10.9 Å². The summed E-state index contributed by atoms with van der Waals surface area (Å²) in [4.78, 5) is 28.3. The Bertz CT molecular complexity index is 766. The van der Waals surface area contributed by atoms with Crippen molar-refractivity contribution in [1.29, 1.82) is 0 Å². The summed E-state index contributed by atoms with van der Waals surface area (Å²) in [7, 11) is 0.